The number of aryl methyl sites for hydroxylation is 1. The Balaban J connectivity index is 1.78. The van der Waals surface area contributed by atoms with E-state index in [1.165, 1.54) is 11.3 Å². The van der Waals surface area contributed by atoms with Gasteiger partial charge in [-0.25, -0.2) is 4.98 Å². The molecule has 1 aliphatic rings. The van der Waals surface area contributed by atoms with Crippen molar-refractivity contribution in [1.82, 2.24) is 4.98 Å². The summed E-state index contributed by atoms with van der Waals surface area (Å²) in [7, 11) is 0. The minimum atomic E-state index is -0.165. The molecule has 98 valence electrons. The normalized spacial score (nSPS) is 13.1. The van der Waals surface area contributed by atoms with Gasteiger partial charge in [0.2, 0.25) is 0 Å². The molecule has 0 aliphatic carbocycles. The Morgan fingerprint density at radius 1 is 1.32 bits per heavy atom. The number of aromatic nitrogens is 1. The number of hydrogen-bond donors (Lipinski definition) is 1. The van der Waals surface area contributed by atoms with Gasteiger partial charge in [-0.2, -0.15) is 0 Å². The van der Waals surface area contributed by atoms with Gasteiger partial charge in [0.25, 0.3) is 5.91 Å². The lowest BCUT2D eigenvalue weighted by Gasteiger charge is -2.18. The molecular weight excluding hydrogens is 264 g/mol. The Labute approximate surface area is 114 Å². The number of carbonyl (C=O) groups is 1. The van der Waals surface area contributed by atoms with E-state index in [2.05, 4.69) is 10.3 Å². The number of hydrogen-bond acceptors (Lipinski definition) is 5. The van der Waals surface area contributed by atoms with Crippen LogP contribution in [0.4, 0.5) is 5.69 Å². The quantitative estimate of drug-likeness (QED) is 0.915. The first-order valence-corrected chi connectivity index (χ1v) is 6.67. The molecule has 1 aliphatic heterocycles. The lowest BCUT2D eigenvalue weighted by Crippen LogP contribution is -2.16. The standard InChI is InChI=1S/C13H12N2O3S/c1-8-14-7-12(19-8)13(16)15-9-2-3-10-11(6-9)18-5-4-17-10/h2-3,6-7H,4-5H2,1H3,(H,15,16). The summed E-state index contributed by atoms with van der Waals surface area (Å²) < 4.78 is 10.9. The fourth-order valence-corrected chi connectivity index (χ4v) is 2.45. The van der Waals surface area contributed by atoms with Gasteiger partial charge in [0.15, 0.2) is 11.5 Å². The summed E-state index contributed by atoms with van der Waals surface area (Å²) in [6.45, 7) is 2.95. The fraction of sp³-hybridized carbons (Fsp3) is 0.231. The van der Waals surface area contributed by atoms with Crippen LogP contribution in [0.1, 0.15) is 14.7 Å². The third-order valence-corrected chi connectivity index (χ3v) is 3.56. The Bertz CT molecular complexity index is 624. The van der Waals surface area contributed by atoms with Gasteiger partial charge >= 0.3 is 0 Å². The predicted molar refractivity (Wildman–Crippen MR) is 72.2 cm³/mol. The highest BCUT2D eigenvalue weighted by molar-refractivity contribution is 7.13. The Morgan fingerprint density at radius 2 is 2.11 bits per heavy atom. The van der Waals surface area contributed by atoms with Crippen LogP contribution in [0.15, 0.2) is 24.4 Å². The summed E-state index contributed by atoms with van der Waals surface area (Å²) in [5, 5.41) is 3.69. The maximum Gasteiger partial charge on any atom is 0.267 e. The molecule has 0 atom stereocenters. The molecule has 0 unspecified atom stereocenters. The van der Waals surface area contributed by atoms with Gasteiger partial charge < -0.3 is 14.8 Å². The van der Waals surface area contributed by atoms with Crippen molar-refractivity contribution >= 4 is 22.9 Å². The summed E-state index contributed by atoms with van der Waals surface area (Å²) in [6, 6.07) is 5.35. The number of thiazole rings is 1. The zero-order valence-corrected chi connectivity index (χ0v) is 11.1. The average Bonchev–Trinajstić information content (AvgIpc) is 2.85. The number of nitrogens with zero attached hydrogens (tertiary/aromatic N) is 1. The third-order valence-electron chi connectivity index (χ3n) is 2.65. The largest absolute Gasteiger partial charge is 0.486 e. The zero-order valence-electron chi connectivity index (χ0n) is 10.3. The summed E-state index contributed by atoms with van der Waals surface area (Å²) in [5.41, 5.74) is 0.681. The van der Waals surface area contributed by atoms with Crippen molar-refractivity contribution in [2.24, 2.45) is 0 Å². The van der Waals surface area contributed by atoms with Crippen molar-refractivity contribution in [3.05, 3.63) is 34.3 Å². The molecule has 0 saturated heterocycles. The van der Waals surface area contributed by atoms with Gasteiger partial charge in [0, 0.05) is 11.8 Å². The van der Waals surface area contributed by atoms with Gasteiger partial charge in [0.05, 0.1) is 11.2 Å². The van der Waals surface area contributed by atoms with Crippen molar-refractivity contribution in [3.63, 3.8) is 0 Å². The van der Waals surface area contributed by atoms with Crippen LogP contribution in [0.2, 0.25) is 0 Å². The number of nitrogens with one attached hydrogen (secondary N) is 1. The van der Waals surface area contributed by atoms with E-state index >= 15 is 0 Å². The van der Waals surface area contributed by atoms with Crippen LogP contribution >= 0.6 is 11.3 Å². The number of amides is 1. The van der Waals surface area contributed by atoms with Crippen molar-refractivity contribution in [1.29, 1.82) is 0 Å². The molecule has 0 saturated carbocycles. The lowest BCUT2D eigenvalue weighted by atomic mass is 10.2. The molecule has 0 spiro atoms. The van der Waals surface area contributed by atoms with E-state index in [0.29, 0.717) is 35.3 Å². The van der Waals surface area contributed by atoms with Gasteiger partial charge in [0.1, 0.15) is 18.1 Å². The fourth-order valence-electron chi connectivity index (χ4n) is 1.78. The van der Waals surface area contributed by atoms with E-state index in [1.54, 1.807) is 24.4 Å². The minimum Gasteiger partial charge on any atom is -0.486 e. The number of rotatable bonds is 2. The second-order valence-corrected chi connectivity index (χ2v) is 5.29. The molecule has 1 amide bonds. The SMILES string of the molecule is Cc1ncc(C(=O)Nc2ccc3c(c2)OCCO3)s1. The second-order valence-electron chi connectivity index (χ2n) is 4.06. The molecule has 0 radical (unpaired) electrons. The minimum absolute atomic E-state index is 0.165. The number of ether oxygens (including phenoxy) is 2. The number of fused-ring (bicyclic) bond motifs is 1. The molecule has 6 heteroatoms. The molecule has 19 heavy (non-hydrogen) atoms. The highest BCUT2D eigenvalue weighted by Gasteiger charge is 2.14. The van der Waals surface area contributed by atoms with Crippen LogP contribution < -0.4 is 14.8 Å². The van der Waals surface area contributed by atoms with Gasteiger partial charge in [-0.3, -0.25) is 4.79 Å². The third kappa shape index (κ3) is 2.53. The molecule has 1 N–H and O–H groups in total. The monoisotopic (exact) mass is 276 g/mol. The van der Waals surface area contributed by atoms with Crippen LogP contribution in [0.5, 0.6) is 11.5 Å². The van der Waals surface area contributed by atoms with Crippen LogP contribution in [0.3, 0.4) is 0 Å². The zero-order chi connectivity index (χ0) is 13.2. The molecule has 0 bridgehead atoms. The Hall–Kier alpha value is -2.08. The maximum absolute atomic E-state index is 12.0. The molecule has 1 aromatic carbocycles. The first-order valence-electron chi connectivity index (χ1n) is 5.86. The molecule has 3 rings (SSSR count). The van der Waals surface area contributed by atoms with E-state index < -0.39 is 0 Å². The first kappa shape index (κ1) is 12.0. The molecule has 1 aromatic heterocycles. The van der Waals surface area contributed by atoms with Crippen molar-refractivity contribution in [2.45, 2.75) is 6.92 Å². The highest BCUT2D eigenvalue weighted by Crippen LogP contribution is 2.32. The van der Waals surface area contributed by atoms with Crippen LogP contribution in [0.25, 0.3) is 0 Å². The first-order chi connectivity index (χ1) is 9.22. The van der Waals surface area contributed by atoms with E-state index in [0.717, 1.165) is 5.01 Å². The molecule has 2 heterocycles. The predicted octanol–water partition coefficient (Wildman–Crippen LogP) is 2.48. The molecule has 0 fully saturated rings. The van der Waals surface area contributed by atoms with Crippen LogP contribution in [-0.4, -0.2) is 24.1 Å². The van der Waals surface area contributed by atoms with E-state index in [9.17, 15) is 4.79 Å². The Morgan fingerprint density at radius 3 is 2.84 bits per heavy atom. The second kappa shape index (κ2) is 4.89. The summed E-state index contributed by atoms with van der Waals surface area (Å²) in [6.07, 6.45) is 1.58. The molecule has 2 aromatic rings. The molecular formula is C13H12N2O3S. The Kier molecular flexibility index (Phi) is 3.08. The number of benzene rings is 1. The average molecular weight is 276 g/mol. The highest BCUT2D eigenvalue weighted by atomic mass is 32.1. The summed E-state index contributed by atoms with van der Waals surface area (Å²) in [5.74, 6) is 1.20. The van der Waals surface area contributed by atoms with Gasteiger partial charge in [-0.15, -0.1) is 11.3 Å². The van der Waals surface area contributed by atoms with Crippen LogP contribution in [-0.2, 0) is 0 Å². The van der Waals surface area contributed by atoms with E-state index in [1.807, 2.05) is 6.92 Å². The van der Waals surface area contributed by atoms with E-state index in [-0.39, 0.29) is 5.91 Å². The van der Waals surface area contributed by atoms with Crippen molar-refractivity contribution < 1.29 is 14.3 Å². The van der Waals surface area contributed by atoms with Crippen molar-refractivity contribution in [3.8, 4) is 11.5 Å². The molecule has 5 nitrogen and oxygen atoms in total. The summed E-state index contributed by atoms with van der Waals surface area (Å²) >= 11 is 1.36. The lowest BCUT2D eigenvalue weighted by molar-refractivity contribution is 0.103. The topological polar surface area (TPSA) is 60.5 Å². The van der Waals surface area contributed by atoms with Crippen molar-refractivity contribution in [2.75, 3.05) is 18.5 Å². The number of carbonyl (C=O) groups excluding carboxylic acids is 1. The van der Waals surface area contributed by atoms with Gasteiger partial charge in [-0.05, 0) is 19.1 Å². The summed E-state index contributed by atoms with van der Waals surface area (Å²) in [4.78, 5) is 16.6. The van der Waals surface area contributed by atoms with E-state index in [4.69, 9.17) is 9.47 Å². The van der Waals surface area contributed by atoms with Crippen LogP contribution in [0, 0.1) is 6.92 Å². The number of anilines is 1. The smallest absolute Gasteiger partial charge is 0.267 e. The maximum atomic E-state index is 12.0. The van der Waals surface area contributed by atoms with Gasteiger partial charge in [-0.1, -0.05) is 0 Å².